The van der Waals surface area contributed by atoms with Crippen LogP contribution in [0.4, 0.5) is 0 Å². The number of hydrogen-bond donors (Lipinski definition) is 2. The van der Waals surface area contributed by atoms with E-state index in [1.54, 1.807) is 6.20 Å². The lowest BCUT2D eigenvalue weighted by atomic mass is 10.4. The molecule has 0 amide bonds. The molecule has 4 nitrogen and oxygen atoms in total. The number of ether oxygens (including phenoxy) is 1. The van der Waals surface area contributed by atoms with Gasteiger partial charge in [0.25, 0.3) is 0 Å². The van der Waals surface area contributed by atoms with Crippen LogP contribution >= 0.6 is 0 Å². The van der Waals surface area contributed by atoms with E-state index in [2.05, 4.69) is 22.2 Å². The van der Waals surface area contributed by atoms with Gasteiger partial charge in [0.2, 0.25) is 0 Å². The monoisotopic (exact) mass is 197 g/mol. The second-order valence-corrected chi connectivity index (χ2v) is 3.18. The molecule has 1 rings (SSSR count). The van der Waals surface area contributed by atoms with Crippen molar-refractivity contribution in [2.24, 2.45) is 0 Å². The lowest BCUT2D eigenvalue weighted by molar-refractivity contribution is 0.132. The van der Waals surface area contributed by atoms with E-state index in [4.69, 9.17) is 4.74 Å². The molecule has 0 aliphatic heterocycles. The molecule has 1 aromatic rings. The van der Waals surface area contributed by atoms with E-state index in [0.717, 1.165) is 45.0 Å². The molecular formula is C10H19N3O. The molecule has 1 aromatic heterocycles. The zero-order valence-electron chi connectivity index (χ0n) is 8.75. The largest absolute Gasteiger partial charge is 0.381 e. The van der Waals surface area contributed by atoms with Crippen molar-refractivity contribution in [3.8, 4) is 0 Å². The molecule has 80 valence electrons. The fraction of sp³-hybridized carbons (Fsp3) is 0.700. The van der Waals surface area contributed by atoms with Gasteiger partial charge >= 0.3 is 0 Å². The fourth-order valence-electron chi connectivity index (χ4n) is 1.15. The number of rotatable bonds is 8. The molecule has 0 saturated carbocycles. The minimum absolute atomic E-state index is 0.806. The van der Waals surface area contributed by atoms with Crippen LogP contribution in [0.5, 0.6) is 0 Å². The first kappa shape index (κ1) is 11.2. The first-order chi connectivity index (χ1) is 6.93. The van der Waals surface area contributed by atoms with Crippen LogP contribution in [0.1, 0.15) is 25.6 Å². The maximum absolute atomic E-state index is 5.36. The molecule has 0 aromatic carbocycles. The highest BCUT2D eigenvalue weighted by molar-refractivity contribution is 4.85. The van der Waals surface area contributed by atoms with Gasteiger partial charge < -0.3 is 15.0 Å². The van der Waals surface area contributed by atoms with Gasteiger partial charge in [-0.15, -0.1) is 0 Å². The van der Waals surface area contributed by atoms with Gasteiger partial charge in [0.1, 0.15) is 5.82 Å². The maximum Gasteiger partial charge on any atom is 0.120 e. The highest BCUT2D eigenvalue weighted by Crippen LogP contribution is 1.88. The summed E-state index contributed by atoms with van der Waals surface area (Å²) in [5.41, 5.74) is 0. The Bertz CT molecular complexity index is 211. The van der Waals surface area contributed by atoms with E-state index in [0.29, 0.717) is 0 Å². The molecule has 0 aliphatic rings. The van der Waals surface area contributed by atoms with Gasteiger partial charge in [0.05, 0.1) is 6.54 Å². The Morgan fingerprint density at radius 3 is 3.14 bits per heavy atom. The lowest BCUT2D eigenvalue weighted by Crippen LogP contribution is -2.17. The zero-order valence-corrected chi connectivity index (χ0v) is 8.75. The molecule has 1 heterocycles. The van der Waals surface area contributed by atoms with Crippen molar-refractivity contribution in [2.45, 2.75) is 26.3 Å². The zero-order chi connectivity index (χ0) is 10.1. The number of imidazole rings is 1. The predicted octanol–water partition coefficient (Wildman–Crippen LogP) is 1.32. The number of nitrogens with zero attached hydrogens (tertiary/aromatic N) is 1. The third-order valence-electron chi connectivity index (χ3n) is 1.84. The second kappa shape index (κ2) is 7.53. The van der Waals surface area contributed by atoms with E-state index in [-0.39, 0.29) is 0 Å². The summed E-state index contributed by atoms with van der Waals surface area (Å²) in [7, 11) is 0. The Morgan fingerprint density at radius 2 is 2.43 bits per heavy atom. The van der Waals surface area contributed by atoms with Gasteiger partial charge in [-0.3, -0.25) is 0 Å². The van der Waals surface area contributed by atoms with Crippen LogP contribution < -0.4 is 5.32 Å². The van der Waals surface area contributed by atoms with Crippen molar-refractivity contribution >= 4 is 0 Å². The van der Waals surface area contributed by atoms with E-state index in [1.807, 2.05) is 6.20 Å². The summed E-state index contributed by atoms with van der Waals surface area (Å²) in [5.74, 6) is 0.986. The van der Waals surface area contributed by atoms with Crippen LogP contribution in [0.15, 0.2) is 12.4 Å². The van der Waals surface area contributed by atoms with Gasteiger partial charge in [-0.2, -0.15) is 0 Å². The third kappa shape index (κ3) is 4.99. The summed E-state index contributed by atoms with van der Waals surface area (Å²) in [4.78, 5) is 7.16. The second-order valence-electron chi connectivity index (χ2n) is 3.18. The number of aromatic amines is 1. The molecule has 2 N–H and O–H groups in total. The maximum atomic E-state index is 5.36. The smallest absolute Gasteiger partial charge is 0.120 e. The molecular weight excluding hydrogens is 178 g/mol. The third-order valence-corrected chi connectivity index (χ3v) is 1.84. The topological polar surface area (TPSA) is 49.9 Å². The van der Waals surface area contributed by atoms with E-state index >= 15 is 0 Å². The normalized spacial score (nSPS) is 10.6. The van der Waals surface area contributed by atoms with Gasteiger partial charge in [-0.05, 0) is 19.4 Å². The van der Waals surface area contributed by atoms with Crippen LogP contribution in [0, 0.1) is 0 Å². The summed E-state index contributed by atoms with van der Waals surface area (Å²) in [5, 5.41) is 3.29. The van der Waals surface area contributed by atoms with Crippen LogP contribution in [-0.2, 0) is 11.3 Å². The van der Waals surface area contributed by atoms with Gasteiger partial charge in [0, 0.05) is 25.6 Å². The quantitative estimate of drug-likeness (QED) is 0.618. The summed E-state index contributed by atoms with van der Waals surface area (Å²) in [6, 6.07) is 0. The van der Waals surface area contributed by atoms with Crippen molar-refractivity contribution < 1.29 is 4.74 Å². The SMILES string of the molecule is CCCOCCCNCc1ncc[nH]1. The first-order valence-electron chi connectivity index (χ1n) is 5.20. The Balaban J connectivity index is 1.85. The molecule has 4 heteroatoms. The van der Waals surface area contributed by atoms with E-state index < -0.39 is 0 Å². The van der Waals surface area contributed by atoms with Crippen LogP contribution in [0.2, 0.25) is 0 Å². The van der Waals surface area contributed by atoms with Crippen LogP contribution in [0.25, 0.3) is 0 Å². The van der Waals surface area contributed by atoms with Crippen molar-refractivity contribution in [3.05, 3.63) is 18.2 Å². The number of aromatic nitrogens is 2. The molecule has 0 atom stereocenters. The van der Waals surface area contributed by atoms with Crippen molar-refractivity contribution in [1.29, 1.82) is 0 Å². The van der Waals surface area contributed by atoms with Crippen molar-refractivity contribution in [2.75, 3.05) is 19.8 Å². The summed E-state index contributed by atoms with van der Waals surface area (Å²) >= 11 is 0. The van der Waals surface area contributed by atoms with Gasteiger partial charge in [-0.25, -0.2) is 4.98 Å². The molecule has 0 saturated heterocycles. The molecule has 14 heavy (non-hydrogen) atoms. The Labute approximate surface area is 85.1 Å². The fourth-order valence-corrected chi connectivity index (χ4v) is 1.15. The van der Waals surface area contributed by atoms with E-state index in [9.17, 15) is 0 Å². The minimum Gasteiger partial charge on any atom is -0.381 e. The van der Waals surface area contributed by atoms with Crippen LogP contribution in [0.3, 0.4) is 0 Å². The highest BCUT2D eigenvalue weighted by Gasteiger charge is 1.93. The van der Waals surface area contributed by atoms with Gasteiger partial charge in [-0.1, -0.05) is 6.92 Å². The Kier molecular flexibility index (Phi) is 6.02. The summed E-state index contributed by atoms with van der Waals surface area (Å²) in [6.45, 7) is 5.62. The summed E-state index contributed by atoms with van der Waals surface area (Å²) in [6.07, 6.45) is 5.75. The number of H-pyrrole nitrogens is 1. The molecule has 0 unspecified atom stereocenters. The standard InChI is InChI=1S/C10H19N3O/c1-2-7-14-8-3-4-11-9-10-12-5-6-13-10/h5-6,11H,2-4,7-9H2,1H3,(H,12,13). The molecule has 0 bridgehead atoms. The van der Waals surface area contributed by atoms with Gasteiger partial charge in [0.15, 0.2) is 0 Å². The predicted molar refractivity (Wildman–Crippen MR) is 56.0 cm³/mol. The molecule has 0 radical (unpaired) electrons. The average Bonchev–Trinajstić information content (AvgIpc) is 2.69. The first-order valence-corrected chi connectivity index (χ1v) is 5.20. The Hall–Kier alpha value is -0.870. The lowest BCUT2D eigenvalue weighted by Gasteiger charge is -2.03. The number of nitrogens with one attached hydrogen (secondary N) is 2. The summed E-state index contributed by atoms with van der Waals surface area (Å²) < 4.78 is 5.36. The minimum atomic E-state index is 0.806. The number of hydrogen-bond acceptors (Lipinski definition) is 3. The van der Waals surface area contributed by atoms with Crippen molar-refractivity contribution in [3.63, 3.8) is 0 Å². The van der Waals surface area contributed by atoms with E-state index in [1.165, 1.54) is 0 Å². The van der Waals surface area contributed by atoms with Crippen molar-refractivity contribution in [1.82, 2.24) is 15.3 Å². The molecule has 0 spiro atoms. The molecule has 0 aliphatic carbocycles. The Morgan fingerprint density at radius 1 is 1.50 bits per heavy atom. The highest BCUT2D eigenvalue weighted by atomic mass is 16.5. The molecule has 0 fully saturated rings. The average molecular weight is 197 g/mol. The van der Waals surface area contributed by atoms with Crippen LogP contribution in [-0.4, -0.2) is 29.7 Å².